The zero-order valence-corrected chi connectivity index (χ0v) is 9.72. The Balaban J connectivity index is 2.95. The van der Waals surface area contributed by atoms with Gasteiger partial charge in [0, 0.05) is 13.1 Å². The molecule has 0 amide bonds. The van der Waals surface area contributed by atoms with Gasteiger partial charge in [-0.3, -0.25) is 0 Å². The van der Waals surface area contributed by atoms with Gasteiger partial charge in [-0.1, -0.05) is 34.8 Å². The van der Waals surface area contributed by atoms with Crippen LogP contribution in [0.5, 0.6) is 0 Å². The summed E-state index contributed by atoms with van der Waals surface area (Å²) in [5.74, 6) is 0. The largest absolute Gasteiger partial charge is 0.256 e. The van der Waals surface area contributed by atoms with Crippen LogP contribution in [0.3, 0.4) is 0 Å². The monoisotopic (exact) mass is 263 g/mol. The molecule has 0 bridgehead atoms. The van der Waals surface area contributed by atoms with Crippen molar-refractivity contribution in [3.63, 3.8) is 0 Å². The fraction of sp³-hybridized carbons (Fsp3) is 0.667. The minimum atomic E-state index is -3.62. The molecule has 76 valence electrons. The van der Waals surface area contributed by atoms with Gasteiger partial charge < -0.3 is 0 Å². The molecule has 1 aliphatic rings. The highest BCUT2D eigenvalue weighted by molar-refractivity contribution is 7.94. The number of hydrogen-bond acceptors (Lipinski definition) is 2. The Labute approximate surface area is 92.3 Å². The molecule has 0 unspecified atom stereocenters. The summed E-state index contributed by atoms with van der Waals surface area (Å²) in [5.41, 5.74) is 0. The first kappa shape index (κ1) is 11.6. The SMILES string of the molecule is O=S(=O)(C(Cl)=C(Cl)Cl)N1CCCC1. The number of rotatable bonds is 2. The van der Waals surface area contributed by atoms with Gasteiger partial charge in [0.05, 0.1) is 0 Å². The van der Waals surface area contributed by atoms with Crippen molar-refractivity contribution in [2.45, 2.75) is 12.8 Å². The third-order valence-electron chi connectivity index (χ3n) is 1.78. The maximum Gasteiger partial charge on any atom is 0.256 e. The van der Waals surface area contributed by atoms with Crippen LogP contribution in [0, 0.1) is 0 Å². The second-order valence-electron chi connectivity index (χ2n) is 2.65. The van der Waals surface area contributed by atoms with Crippen LogP contribution in [0.15, 0.2) is 8.86 Å². The second kappa shape index (κ2) is 4.36. The third-order valence-corrected chi connectivity index (χ3v) is 5.05. The molecule has 1 aliphatic heterocycles. The van der Waals surface area contributed by atoms with Crippen LogP contribution in [-0.2, 0) is 10.0 Å². The van der Waals surface area contributed by atoms with E-state index in [1.165, 1.54) is 4.31 Å². The van der Waals surface area contributed by atoms with E-state index in [2.05, 4.69) is 0 Å². The zero-order chi connectivity index (χ0) is 10.1. The Morgan fingerprint density at radius 2 is 1.54 bits per heavy atom. The third kappa shape index (κ3) is 2.50. The first-order valence-electron chi connectivity index (χ1n) is 3.67. The fourth-order valence-corrected chi connectivity index (χ4v) is 3.18. The number of sulfonamides is 1. The van der Waals surface area contributed by atoms with Gasteiger partial charge in [0.25, 0.3) is 10.0 Å². The molecular weight excluding hydrogens is 256 g/mol. The van der Waals surface area contributed by atoms with Crippen molar-refractivity contribution < 1.29 is 8.42 Å². The Kier molecular flexibility index (Phi) is 3.89. The normalized spacial score (nSPS) is 19.0. The molecule has 7 heteroatoms. The molecular formula is C6H8Cl3NO2S. The lowest BCUT2D eigenvalue weighted by Gasteiger charge is -2.13. The standard InChI is InChI=1S/C6H8Cl3NO2S/c7-5(8)6(9)13(11,12)10-3-1-2-4-10/h1-4H2. The smallest absolute Gasteiger partial charge is 0.206 e. The summed E-state index contributed by atoms with van der Waals surface area (Å²) < 4.78 is 23.5. The van der Waals surface area contributed by atoms with Gasteiger partial charge in [-0.2, -0.15) is 4.31 Å². The lowest BCUT2D eigenvalue weighted by atomic mass is 10.4. The summed E-state index contributed by atoms with van der Waals surface area (Å²) in [6.45, 7) is 0.971. The minimum absolute atomic E-state index is 0.409. The van der Waals surface area contributed by atoms with Crippen molar-refractivity contribution in [2.24, 2.45) is 0 Å². The van der Waals surface area contributed by atoms with E-state index in [1.54, 1.807) is 0 Å². The highest BCUT2D eigenvalue weighted by Crippen LogP contribution is 2.28. The van der Waals surface area contributed by atoms with Crippen LogP contribution >= 0.6 is 34.8 Å². The summed E-state index contributed by atoms with van der Waals surface area (Å²) in [6.07, 6.45) is 1.70. The van der Waals surface area contributed by atoms with Crippen molar-refractivity contribution in [3.05, 3.63) is 8.86 Å². The van der Waals surface area contributed by atoms with Gasteiger partial charge in [0.15, 0.2) is 4.36 Å². The van der Waals surface area contributed by atoms with Crippen LogP contribution in [-0.4, -0.2) is 25.8 Å². The van der Waals surface area contributed by atoms with Gasteiger partial charge in [0.1, 0.15) is 4.49 Å². The first-order chi connectivity index (χ1) is 5.96. The fourth-order valence-electron chi connectivity index (χ4n) is 1.14. The average molecular weight is 265 g/mol. The van der Waals surface area contributed by atoms with Gasteiger partial charge >= 0.3 is 0 Å². The molecule has 0 aromatic rings. The topological polar surface area (TPSA) is 37.4 Å². The Morgan fingerprint density at radius 3 is 1.92 bits per heavy atom. The van der Waals surface area contributed by atoms with Gasteiger partial charge in [-0.25, -0.2) is 8.42 Å². The van der Waals surface area contributed by atoms with Crippen LogP contribution in [0.4, 0.5) is 0 Å². The van der Waals surface area contributed by atoms with E-state index in [0.29, 0.717) is 13.1 Å². The van der Waals surface area contributed by atoms with Gasteiger partial charge in [-0.05, 0) is 12.8 Å². The van der Waals surface area contributed by atoms with Crippen molar-refractivity contribution in [2.75, 3.05) is 13.1 Å². The molecule has 13 heavy (non-hydrogen) atoms. The molecule has 1 rings (SSSR count). The Bertz CT molecular complexity index is 315. The number of nitrogens with zero attached hydrogens (tertiary/aromatic N) is 1. The maximum absolute atomic E-state index is 11.5. The van der Waals surface area contributed by atoms with E-state index in [0.717, 1.165) is 12.8 Å². The number of hydrogen-bond donors (Lipinski definition) is 0. The molecule has 3 nitrogen and oxygen atoms in total. The maximum atomic E-state index is 11.5. The molecule has 0 radical (unpaired) electrons. The highest BCUT2D eigenvalue weighted by atomic mass is 35.5. The Morgan fingerprint density at radius 1 is 1.08 bits per heavy atom. The predicted octanol–water partition coefficient (Wildman–Crippen LogP) is 2.25. The van der Waals surface area contributed by atoms with Crippen molar-refractivity contribution in [3.8, 4) is 0 Å². The molecule has 0 saturated carbocycles. The molecule has 0 atom stereocenters. The summed E-state index contributed by atoms with van der Waals surface area (Å²) in [4.78, 5) is 0. The van der Waals surface area contributed by atoms with Crippen molar-refractivity contribution in [1.29, 1.82) is 0 Å². The van der Waals surface area contributed by atoms with Crippen LogP contribution in [0.2, 0.25) is 0 Å². The van der Waals surface area contributed by atoms with E-state index in [9.17, 15) is 8.42 Å². The summed E-state index contributed by atoms with van der Waals surface area (Å²) in [7, 11) is -3.62. The van der Waals surface area contributed by atoms with Crippen LogP contribution < -0.4 is 0 Å². The summed E-state index contributed by atoms with van der Waals surface area (Å²) in [6, 6.07) is 0. The molecule has 0 aliphatic carbocycles. The molecule has 0 aromatic carbocycles. The van der Waals surface area contributed by atoms with Gasteiger partial charge in [0.2, 0.25) is 0 Å². The average Bonchev–Trinajstić information content (AvgIpc) is 2.54. The van der Waals surface area contributed by atoms with E-state index < -0.39 is 18.9 Å². The molecule has 0 spiro atoms. The molecule has 1 saturated heterocycles. The first-order valence-corrected chi connectivity index (χ1v) is 6.24. The predicted molar refractivity (Wildman–Crippen MR) is 54.3 cm³/mol. The van der Waals surface area contributed by atoms with E-state index in [1.807, 2.05) is 0 Å². The lowest BCUT2D eigenvalue weighted by Crippen LogP contribution is -2.27. The quantitative estimate of drug-likeness (QED) is 0.767. The highest BCUT2D eigenvalue weighted by Gasteiger charge is 2.29. The minimum Gasteiger partial charge on any atom is -0.206 e. The van der Waals surface area contributed by atoms with Crippen LogP contribution in [0.1, 0.15) is 12.8 Å². The van der Waals surface area contributed by atoms with E-state index in [-0.39, 0.29) is 0 Å². The van der Waals surface area contributed by atoms with Crippen molar-refractivity contribution >= 4 is 44.8 Å². The number of halogens is 3. The second-order valence-corrected chi connectivity index (χ2v) is 6.07. The van der Waals surface area contributed by atoms with E-state index >= 15 is 0 Å². The van der Waals surface area contributed by atoms with E-state index in [4.69, 9.17) is 34.8 Å². The summed E-state index contributed by atoms with van der Waals surface area (Å²) in [5, 5.41) is 0. The molecule has 0 N–H and O–H groups in total. The zero-order valence-electron chi connectivity index (χ0n) is 6.63. The Hall–Kier alpha value is 0.520. The molecule has 1 heterocycles. The molecule has 1 fully saturated rings. The van der Waals surface area contributed by atoms with Crippen molar-refractivity contribution in [1.82, 2.24) is 4.31 Å². The van der Waals surface area contributed by atoms with Crippen LogP contribution in [0.25, 0.3) is 0 Å². The summed E-state index contributed by atoms with van der Waals surface area (Å²) >= 11 is 16.1. The van der Waals surface area contributed by atoms with Gasteiger partial charge in [-0.15, -0.1) is 0 Å². The lowest BCUT2D eigenvalue weighted by molar-refractivity contribution is 0.485. The molecule has 0 aromatic heterocycles.